The van der Waals surface area contributed by atoms with Crippen molar-refractivity contribution in [1.29, 1.82) is 0 Å². The largest absolute Gasteiger partial charge is 0.393 e. The Morgan fingerprint density at radius 3 is 2.90 bits per heavy atom. The lowest BCUT2D eigenvalue weighted by molar-refractivity contribution is -0.383. The number of nitrogen functional groups attached to an aromatic ring is 1. The molecule has 1 aromatic carbocycles. The summed E-state index contributed by atoms with van der Waals surface area (Å²) < 4.78 is 0. The molecule has 0 atom stereocenters. The Kier molecular flexibility index (Phi) is 4.65. The van der Waals surface area contributed by atoms with Crippen molar-refractivity contribution in [2.75, 3.05) is 11.1 Å². The highest BCUT2D eigenvalue weighted by Gasteiger charge is 2.12. The van der Waals surface area contributed by atoms with Crippen molar-refractivity contribution in [2.45, 2.75) is 26.2 Å². The summed E-state index contributed by atoms with van der Waals surface area (Å²) in [6.07, 6.45) is 4.71. The van der Waals surface area contributed by atoms with E-state index in [1.807, 2.05) is 6.07 Å². The number of nitro benzene ring substituents is 1. The monoisotopic (exact) mass is 287 g/mol. The van der Waals surface area contributed by atoms with Gasteiger partial charge in [0.1, 0.15) is 5.69 Å². The number of rotatable bonds is 6. The average Bonchev–Trinajstić information content (AvgIpc) is 2.47. The Balaban J connectivity index is 2.18. The first-order valence-electron chi connectivity index (χ1n) is 6.73. The van der Waals surface area contributed by atoms with Crippen molar-refractivity contribution in [1.82, 2.24) is 9.97 Å². The molecule has 3 N–H and O–H groups in total. The molecule has 0 amide bonds. The molecule has 7 nitrogen and oxygen atoms in total. The molecule has 1 heterocycles. The Morgan fingerprint density at radius 2 is 2.19 bits per heavy atom. The van der Waals surface area contributed by atoms with Gasteiger partial charge in [-0.1, -0.05) is 13.3 Å². The van der Waals surface area contributed by atoms with Crippen LogP contribution < -0.4 is 11.1 Å². The van der Waals surface area contributed by atoms with Crippen molar-refractivity contribution in [3.63, 3.8) is 0 Å². The zero-order chi connectivity index (χ0) is 15.2. The van der Waals surface area contributed by atoms with Crippen LogP contribution >= 0.6 is 0 Å². The van der Waals surface area contributed by atoms with Gasteiger partial charge < -0.3 is 11.1 Å². The van der Waals surface area contributed by atoms with Crippen molar-refractivity contribution < 1.29 is 4.92 Å². The first-order valence-corrected chi connectivity index (χ1v) is 6.73. The molecule has 0 unspecified atom stereocenters. The van der Waals surface area contributed by atoms with Crippen LogP contribution in [0, 0.1) is 10.1 Å². The predicted molar refractivity (Wildman–Crippen MR) is 81.4 cm³/mol. The number of hydrogen-bond donors (Lipinski definition) is 2. The van der Waals surface area contributed by atoms with E-state index in [0.29, 0.717) is 11.6 Å². The van der Waals surface area contributed by atoms with Crippen LogP contribution in [0.1, 0.15) is 25.5 Å². The number of benzene rings is 1. The molecule has 0 bridgehead atoms. The molecule has 0 saturated heterocycles. The highest BCUT2D eigenvalue weighted by atomic mass is 16.6. The molecular formula is C14H17N5O2. The van der Waals surface area contributed by atoms with Gasteiger partial charge in [0.25, 0.3) is 5.69 Å². The molecule has 0 saturated carbocycles. The van der Waals surface area contributed by atoms with Crippen LogP contribution in [0.25, 0.3) is 0 Å². The number of nitrogens with one attached hydrogen (secondary N) is 1. The van der Waals surface area contributed by atoms with E-state index in [9.17, 15) is 10.1 Å². The SMILES string of the molecule is CCCCc1ccnc(Nc2ccc(N)c([N+](=O)[O-])c2)n1. The standard InChI is InChI=1S/C14H17N5O2/c1-2-3-4-10-7-8-16-14(17-10)18-11-5-6-12(15)13(9-11)19(20)21/h5-9H,2-4,15H2,1H3,(H,16,17,18). The van der Waals surface area contributed by atoms with E-state index in [2.05, 4.69) is 22.2 Å². The molecule has 0 aliphatic carbocycles. The maximum Gasteiger partial charge on any atom is 0.294 e. The summed E-state index contributed by atoms with van der Waals surface area (Å²) in [5.74, 6) is 0.419. The highest BCUT2D eigenvalue weighted by Crippen LogP contribution is 2.26. The van der Waals surface area contributed by atoms with Crippen LogP contribution in [0.3, 0.4) is 0 Å². The van der Waals surface area contributed by atoms with E-state index in [-0.39, 0.29) is 11.4 Å². The fourth-order valence-corrected chi connectivity index (χ4v) is 1.86. The molecule has 0 aliphatic rings. The molecule has 21 heavy (non-hydrogen) atoms. The van der Waals surface area contributed by atoms with Gasteiger partial charge in [-0.15, -0.1) is 0 Å². The molecule has 2 rings (SSSR count). The van der Waals surface area contributed by atoms with E-state index >= 15 is 0 Å². The second kappa shape index (κ2) is 6.65. The number of anilines is 3. The summed E-state index contributed by atoms with van der Waals surface area (Å²) in [7, 11) is 0. The molecule has 110 valence electrons. The maximum absolute atomic E-state index is 10.9. The van der Waals surface area contributed by atoms with Gasteiger partial charge in [0.2, 0.25) is 5.95 Å². The van der Waals surface area contributed by atoms with Crippen LogP contribution in [0.15, 0.2) is 30.5 Å². The van der Waals surface area contributed by atoms with Crippen LogP contribution in [0.4, 0.5) is 23.0 Å². The lowest BCUT2D eigenvalue weighted by Gasteiger charge is -2.07. The van der Waals surface area contributed by atoms with E-state index in [4.69, 9.17) is 5.73 Å². The Bertz CT molecular complexity index is 645. The smallest absolute Gasteiger partial charge is 0.294 e. The van der Waals surface area contributed by atoms with E-state index in [1.54, 1.807) is 12.3 Å². The molecule has 1 aromatic heterocycles. The van der Waals surface area contributed by atoms with Gasteiger partial charge in [0.15, 0.2) is 0 Å². The van der Waals surface area contributed by atoms with Crippen LogP contribution in [-0.2, 0) is 6.42 Å². The summed E-state index contributed by atoms with van der Waals surface area (Å²) in [6, 6.07) is 6.38. The number of unbranched alkanes of at least 4 members (excludes halogenated alkanes) is 1. The lowest BCUT2D eigenvalue weighted by Crippen LogP contribution is -2.01. The number of nitro groups is 1. The van der Waals surface area contributed by atoms with E-state index in [0.717, 1.165) is 25.0 Å². The second-order valence-electron chi connectivity index (χ2n) is 4.63. The minimum atomic E-state index is -0.515. The molecule has 0 fully saturated rings. The van der Waals surface area contributed by atoms with Crippen LogP contribution in [0.5, 0.6) is 0 Å². The summed E-state index contributed by atoms with van der Waals surface area (Å²) in [5, 5.41) is 13.8. The summed E-state index contributed by atoms with van der Waals surface area (Å²) in [6.45, 7) is 2.12. The first-order chi connectivity index (χ1) is 10.1. The van der Waals surface area contributed by atoms with Crippen LogP contribution in [-0.4, -0.2) is 14.9 Å². The van der Waals surface area contributed by atoms with Gasteiger partial charge in [-0.25, -0.2) is 9.97 Å². The molecular weight excluding hydrogens is 270 g/mol. The number of aryl methyl sites for hydroxylation is 1. The lowest BCUT2D eigenvalue weighted by atomic mass is 10.2. The van der Waals surface area contributed by atoms with E-state index in [1.165, 1.54) is 12.1 Å². The van der Waals surface area contributed by atoms with Crippen molar-refractivity contribution in [3.05, 3.63) is 46.3 Å². The summed E-state index contributed by atoms with van der Waals surface area (Å²) in [5.41, 5.74) is 7.03. The Labute approximate surface area is 122 Å². The van der Waals surface area contributed by atoms with Gasteiger partial charge in [-0.3, -0.25) is 10.1 Å². The molecule has 0 aliphatic heterocycles. The minimum absolute atomic E-state index is 0.128. The molecule has 0 spiro atoms. The normalized spacial score (nSPS) is 10.3. The van der Waals surface area contributed by atoms with Crippen molar-refractivity contribution in [3.8, 4) is 0 Å². The Morgan fingerprint density at radius 1 is 1.38 bits per heavy atom. The average molecular weight is 287 g/mol. The van der Waals surface area contributed by atoms with Crippen LogP contribution in [0.2, 0.25) is 0 Å². The number of hydrogen-bond acceptors (Lipinski definition) is 6. The van der Waals surface area contributed by atoms with Gasteiger partial charge in [0.05, 0.1) is 4.92 Å². The molecule has 7 heteroatoms. The van der Waals surface area contributed by atoms with Crippen molar-refractivity contribution in [2.24, 2.45) is 0 Å². The maximum atomic E-state index is 10.9. The molecule has 0 radical (unpaired) electrons. The third-order valence-electron chi connectivity index (χ3n) is 2.98. The zero-order valence-electron chi connectivity index (χ0n) is 11.7. The Hall–Kier alpha value is -2.70. The first kappa shape index (κ1) is 14.7. The van der Waals surface area contributed by atoms with Gasteiger partial charge >= 0.3 is 0 Å². The fourth-order valence-electron chi connectivity index (χ4n) is 1.86. The fraction of sp³-hybridized carbons (Fsp3) is 0.286. The summed E-state index contributed by atoms with van der Waals surface area (Å²) >= 11 is 0. The third kappa shape index (κ3) is 3.88. The van der Waals surface area contributed by atoms with Gasteiger partial charge in [-0.05, 0) is 31.0 Å². The third-order valence-corrected chi connectivity index (χ3v) is 2.98. The van der Waals surface area contributed by atoms with Gasteiger partial charge in [0, 0.05) is 23.6 Å². The highest BCUT2D eigenvalue weighted by molar-refractivity contribution is 5.67. The number of aromatic nitrogens is 2. The zero-order valence-corrected chi connectivity index (χ0v) is 11.7. The number of nitrogens with zero attached hydrogens (tertiary/aromatic N) is 3. The minimum Gasteiger partial charge on any atom is -0.393 e. The molecule has 2 aromatic rings. The second-order valence-corrected chi connectivity index (χ2v) is 4.63. The van der Waals surface area contributed by atoms with E-state index < -0.39 is 4.92 Å². The van der Waals surface area contributed by atoms with Gasteiger partial charge in [-0.2, -0.15) is 0 Å². The number of nitrogens with two attached hydrogens (primary N) is 1. The van der Waals surface area contributed by atoms with Crippen molar-refractivity contribution >= 4 is 23.0 Å². The summed E-state index contributed by atoms with van der Waals surface area (Å²) in [4.78, 5) is 18.8. The quantitative estimate of drug-likeness (QED) is 0.480. The predicted octanol–water partition coefficient (Wildman–Crippen LogP) is 3.05. The topological polar surface area (TPSA) is 107 Å².